The van der Waals surface area contributed by atoms with Gasteiger partial charge in [0, 0.05) is 34.3 Å². The second-order valence-electron chi connectivity index (χ2n) is 7.36. The van der Waals surface area contributed by atoms with Gasteiger partial charge in [0.25, 0.3) is 5.56 Å². The SMILES string of the molecule is CCCCCn1c(-c2ccc(SNC)cc2)cc(=O)n2cc(-c3ccc(Cl)cc3)nc12. The van der Waals surface area contributed by atoms with Gasteiger partial charge in [-0.3, -0.25) is 13.9 Å². The van der Waals surface area contributed by atoms with E-state index in [-0.39, 0.29) is 5.56 Å². The number of nitrogens with zero attached hydrogens (tertiary/aromatic N) is 3. The molecule has 4 rings (SSSR count). The minimum absolute atomic E-state index is 0.0851. The van der Waals surface area contributed by atoms with Crippen LogP contribution < -0.4 is 10.3 Å². The van der Waals surface area contributed by atoms with Crippen molar-refractivity contribution in [3.05, 3.63) is 76.2 Å². The largest absolute Gasteiger partial charge is 0.311 e. The number of hydrogen-bond acceptors (Lipinski definition) is 4. The first-order chi connectivity index (χ1) is 15.1. The fraction of sp³-hybridized carbons (Fsp3) is 0.250. The fourth-order valence-electron chi connectivity index (χ4n) is 3.65. The molecule has 1 N–H and O–H groups in total. The molecule has 160 valence electrons. The summed E-state index contributed by atoms with van der Waals surface area (Å²) in [7, 11) is 1.90. The Labute approximate surface area is 191 Å². The van der Waals surface area contributed by atoms with Crippen LogP contribution >= 0.6 is 23.5 Å². The van der Waals surface area contributed by atoms with Crippen molar-refractivity contribution >= 4 is 29.3 Å². The molecule has 5 nitrogen and oxygen atoms in total. The predicted molar refractivity (Wildman–Crippen MR) is 130 cm³/mol. The van der Waals surface area contributed by atoms with Crippen LogP contribution in [-0.4, -0.2) is 21.0 Å². The molecule has 7 heteroatoms. The average Bonchev–Trinajstić information content (AvgIpc) is 3.23. The summed E-state index contributed by atoms with van der Waals surface area (Å²) in [5.74, 6) is 0.664. The van der Waals surface area contributed by atoms with E-state index in [4.69, 9.17) is 16.6 Å². The number of aryl methyl sites for hydroxylation is 1. The van der Waals surface area contributed by atoms with Crippen molar-refractivity contribution in [1.29, 1.82) is 0 Å². The maximum Gasteiger partial charge on any atom is 0.259 e. The van der Waals surface area contributed by atoms with E-state index >= 15 is 0 Å². The summed E-state index contributed by atoms with van der Waals surface area (Å²) < 4.78 is 6.89. The molecule has 0 atom stereocenters. The molecule has 0 radical (unpaired) electrons. The zero-order chi connectivity index (χ0) is 21.8. The van der Waals surface area contributed by atoms with Crippen LogP contribution in [-0.2, 0) is 6.54 Å². The van der Waals surface area contributed by atoms with Gasteiger partial charge >= 0.3 is 0 Å². The van der Waals surface area contributed by atoms with Gasteiger partial charge in [0.1, 0.15) is 0 Å². The van der Waals surface area contributed by atoms with Gasteiger partial charge in [-0.25, -0.2) is 4.98 Å². The summed E-state index contributed by atoms with van der Waals surface area (Å²) in [4.78, 5) is 19.0. The quantitative estimate of drug-likeness (QED) is 0.267. The Morgan fingerprint density at radius 1 is 1.03 bits per heavy atom. The Hall–Kier alpha value is -2.54. The Bertz CT molecular complexity index is 1230. The van der Waals surface area contributed by atoms with Crippen LogP contribution in [0, 0.1) is 0 Å². The van der Waals surface area contributed by atoms with Crippen LogP contribution in [0.2, 0.25) is 5.02 Å². The molecule has 0 fully saturated rings. The highest BCUT2D eigenvalue weighted by Gasteiger charge is 2.15. The van der Waals surface area contributed by atoms with E-state index in [9.17, 15) is 4.79 Å². The number of rotatable bonds is 8. The molecule has 0 spiro atoms. The minimum atomic E-state index is -0.0851. The molecule has 0 aliphatic rings. The van der Waals surface area contributed by atoms with Gasteiger partial charge in [0.05, 0.1) is 11.4 Å². The van der Waals surface area contributed by atoms with E-state index < -0.39 is 0 Å². The van der Waals surface area contributed by atoms with Crippen molar-refractivity contribution in [2.45, 2.75) is 37.6 Å². The van der Waals surface area contributed by atoms with Crippen LogP contribution in [0.5, 0.6) is 0 Å². The third-order valence-corrected chi connectivity index (χ3v) is 6.18. The van der Waals surface area contributed by atoms with E-state index in [0.29, 0.717) is 10.8 Å². The van der Waals surface area contributed by atoms with E-state index in [1.165, 1.54) is 0 Å². The molecule has 2 heterocycles. The van der Waals surface area contributed by atoms with Gasteiger partial charge in [-0.1, -0.05) is 55.6 Å². The second-order valence-corrected chi connectivity index (χ2v) is 8.88. The highest BCUT2D eigenvalue weighted by molar-refractivity contribution is 7.97. The normalized spacial score (nSPS) is 11.3. The number of unbranched alkanes of at least 4 members (excludes halogenated alkanes) is 2. The van der Waals surface area contributed by atoms with Crippen molar-refractivity contribution in [3.8, 4) is 22.5 Å². The lowest BCUT2D eigenvalue weighted by Gasteiger charge is -2.15. The first-order valence-corrected chi connectivity index (χ1v) is 11.6. The lowest BCUT2D eigenvalue weighted by Crippen LogP contribution is -2.18. The highest BCUT2D eigenvalue weighted by atomic mass is 35.5. The molecule has 31 heavy (non-hydrogen) atoms. The highest BCUT2D eigenvalue weighted by Crippen LogP contribution is 2.26. The Morgan fingerprint density at radius 2 is 1.74 bits per heavy atom. The molecule has 0 amide bonds. The molecule has 0 aliphatic carbocycles. The van der Waals surface area contributed by atoms with E-state index in [2.05, 4.69) is 40.5 Å². The van der Waals surface area contributed by atoms with E-state index in [1.54, 1.807) is 22.4 Å². The van der Waals surface area contributed by atoms with E-state index in [1.807, 2.05) is 37.5 Å². The van der Waals surface area contributed by atoms with Crippen molar-refractivity contribution in [1.82, 2.24) is 18.7 Å². The molecule has 2 aromatic heterocycles. The fourth-order valence-corrected chi connectivity index (χ4v) is 4.28. The number of fused-ring (bicyclic) bond motifs is 1. The number of imidazole rings is 1. The maximum atomic E-state index is 13.0. The summed E-state index contributed by atoms with van der Waals surface area (Å²) in [6.07, 6.45) is 5.10. The summed E-state index contributed by atoms with van der Waals surface area (Å²) in [6.45, 7) is 2.99. The number of aromatic nitrogens is 3. The van der Waals surface area contributed by atoms with Crippen LogP contribution in [0.15, 0.2) is 70.5 Å². The molecule has 0 saturated carbocycles. The van der Waals surface area contributed by atoms with Crippen molar-refractivity contribution in [2.75, 3.05) is 7.05 Å². The third-order valence-electron chi connectivity index (χ3n) is 5.21. The van der Waals surface area contributed by atoms with Crippen LogP contribution in [0.25, 0.3) is 28.3 Å². The molecule has 4 aromatic rings. The Balaban J connectivity index is 1.85. The van der Waals surface area contributed by atoms with Gasteiger partial charge in [-0.15, -0.1) is 0 Å². The molecule has 2 aromatic carbocycles. The average molecular weight is 453 g/mol. The van der Waals surface area contributed by atoms with Crippen molar-refractivity contribution in [2.24, 2.45) is 0 Å². The first kappa shape index (κ1) is 21.7. The standard InChI is InChI=1S/C24H25ClN4OS/c1-3-4-5-14-28-22(18-8-12-20(13-9-18)31-26-2)15-23(30)29-16-21(27-24(28)29)17-6-10-19(25)11-7-17/h6-13,15-16,26H,3-5,14H2,1-2H3. The molecule has 0 aliphatic heterocycles. The molecule has 0 unspecified atom stereocenters. The van der Waals surface area contributed by atoms with E-state index in [0.717, 1.165) is 53.2 Å². The second kappa shape index (κ2) is 9.73. The minimum Gasteiger partial charge on any atom is -0.311 e. The number of hydrogen-bond donors (Lipinski definition) is 1. The summed E-state index contributed by atoms with van der Waals surface area (Å²) in [5.41, 5.74) is 3.51. The first-order valence-electron chi connectivity index (χ1n) is 10.4. The number of halogens is 1. The summed E-state index contributed by atoms with van der Waals surface area (Å²) in [6, 6.07) is 17.5. The Morgan fingerprint density at radius 3 is 2.42 bits per heavy atom. The molecule has 0 bridgehead atoms. The molecular formula is C24H25ClN4OS. The number of benzene rings is 2. The number of nitrogens with one attached hydrogen (secondary N) is 1. The van der Waals surface area contributed by atoms with Gasteiger partial charge < -0.3 is 4.57 Å². The molecule has 0 saturated heterocycles. The third kappa shape index (κ3) is 4.71. The topological polar surface area (TPSA) is 51.3 Å². The monoisotopic (exact) mass is 452 g/mol. The van der Waals surface area contributed by atoms with Crippen LogP contribution in [0.1, 0.15) is 26.2 Å². The Kier molecular flexibility index (Phi) is 6.80. The summed E-state index contributed by atoms with van der Waals surface area (Å²) >= 11 is 7.60. The van der Waals surface area contributed by atoms with Gasteiger partial charge in [-0.2, -0.15) is 0 Å². The van der Waals surface area contributed by atoms with Crippen molar-refractivity contribution in [3.63, 3.8) is 0 Å². The van der Waals surface area contributed by atoms with Gasteiger partial charge in [-0.05, 0) is 55.2 Å². The van der Waals surface area contributed by atoms with Gasteiger partial charge in [0.2, 0.25) is 5.78 Å². The maximum absolute atomic E-state index is 13.0. The van der Waals surface area contributed by atoms with Gasteiger partial charge in [0.15, 0.2) is 0 Å². The van der Waals surface area contributed by atoms with Crippen LogP contribution in [0.3, 0.4) is 0 Å². The lowest BCUT2D eigenvalue weighted by atomic mass is 10.1. The van der Waals surface area contributed by atoms with Crippen LogP contribution in [0.4, 0.5) is 0 Å². The molecular weight excluding hydrogens is 428 g/mol. The van der Waals surface area contributed by atoms with Crippen molar-refractivity contribution < 1.29 is 0 Å². The summed E-state index contributed by atoms with van der Waals surface area (Å²) in [5, 5.41) is 0.675. The predicted octanol–water partition coefficient (Wildman–Crippen LogP) is 5.90. The zero-order valence-electron chi connectivity index (χ0n) is 17.6. The lowest BCUT2D eigenvalue weighted by molar-refractivity contribution is 0.606. The smallest absolute Gasteiger partial charge is 0.259 e. The zero-order valence-corrected chi connectivity index (χ0v) is 19.2.